The highest BCUT2D eigenvalue weighted by atomic mass is 16.3. The number of fused-ring (bicyclic) bond motifs is 4. The van der Waals surface area contributed by atoms with Crippen LogP contribution in [0.2, 0.25) is 0 Å². The summed E-state index contributed by atoms with van der Waals surface area (Å²) in [4.78, 5) is 26.2. The third-order valence-electron chi connectivity index (χ3n) is 6.74. The number of nitrogens with one attached hydrogen (secondary N) is 1. The van der Waals surface area contributed by atoms with E-state index in [1.165, 1.54) is 0 Å². The first-order valence-corrected chi connectivity index (χ1v) is 12.2. The van der Waals surface area contributed by atoms with Crippen molar-refractivity contribution in [2.75, 3.05) is 5.32 Å². The molecule has 1 amide bonds. The van der Waals surface area contributed by atoms with E-state index < -0.39 is 5.91 Å². The van der Waals surface area contributed by atoms with E-state index in [4.69, 9.17) is 0 Å². The minimum Gasteiger partial charge on any atom is -0.505 e. The lowest BCUT2D eigenvalue weighted by atomic mass is 10.0. The molecule has 0 fully saturated rings. The van der Waals surface area contributed by atoms with Gasteiger partial charge < -0.3 is 10.4 Å². The summed E-state index contributed by atoms with van der Waals surface area (Å²) in [5.41, 5.74) is 6.45. The van der Waals surface area contributed by atoms with E-state index >= 15 is 0 Å². The van der Waals surface area contributed by atoms with Gasteiger partial charge in [-0.3, -0.25) is 9.59 Å². The molecule has 0 atom stereocenters. The summed E-state index contributed by atoms with van der Waals surface area (Å²) in [6.07, 6.45) is 0. The summed E-state index contributed by atoms with van der Waals surface area (Å²) in [5.74, 6) is -0.761. The van der Waals surface area contributed by atoms with Crippen LogP contribution < -0.4 is 5.32 Å². The lowest BCUT2D eigenvalue weighted by Crippen LogP contribution is -2.12. The first kappa shape index (κ1) is 23.3. The molecule has 0 bridgehead atoms. The first-order chi connectivity index (χ1) is 18.4. The SMILES string of the molecule is Cc1cccc(NC(=O)c2cc3ccccc3c(N=Nc3ccc4c(c3)C(=O)c3cc(C)ccc3-4)c2O)c1. The van der Waals surface area contributed by atoms with Gasteiger partial charge in [-0.1, -0.05) is 60.2 Å². The second-order valence-corrected chi connectivity index (χ2v) is 9.47. The van der Waals surface area contributed by atoms with Gasteiger partial charge in [-0.15, -0.1) is 5.11 Å². The molecular weight excluding hydrogens is 474 g/mol. The average Bonchev–Trinajstić information content (AvgIpc) is 3.18. The van der Waals surface area contributed by atoms with Gasteiger partial charge in [-0.2, -0.15) is 5.11 Å². The number of ketones is 1. The zero-order valence-electron chi connectivity index (χ0n) is 20.8. The summed E-state index contributed by atoms with van der Waals surface area (Å²) >= 11 is 0. The molecule has 38 heavy (non-hydrogen) atoms. The van der Waals surface area contributed by atoms with Crippen molar-refractivity contribution in [3.05, 3.63) is 119 Å². The van der Waals surface area contributed by atoms with Gasteiger partial charge in [0.15, 0.2) is 11.5 Å². The third kappa shape index (κ3) is 4.02. The standard InChI is InChI=1S/C32H23N3O3/c1-18-6-5-8-21(14-18)33-32(38)28-16-20-7-3-4-9-23(20)29(31(28)37)35-34-22-11-13-25-24-12-10-19(2)15-26(24)30(36)27(25)17-22/h3-17,37H,1-2H3,(H,33,38). The van der Waals surface area contributed by atoms with Crippen molar-refractivity contribution in [2.45, 2.75) is 13.8 Å². The Hall–Kier alpha value is -5.10. The number of anilines is 1. The van der Waals surface area contributed by atoms with Crippen LogP contribution in [0.15, 0.2) is 101 Å². The molecule has 0 unspecified atom stereocenters. The minimum atomic E-state index is -0.452. The van der Waals surface area contributed by atoms with Crippen molar-refractivity contribution in [1.82, 2.24) is 0 Å². The number of nitrogens with zero attached hydrogens (tertiary/aromatic N) is 2. The van der Waals surface area contributed by atoms with E-state index in [0.29, 0.717) is 27.9 Å². The Morgan fingerprint density at radius 1 is 0.737 bits per heavy atom. The number of aromatic hydroxyl groups is 1. The van der Waals surface area contributed by atoms with Crippen molar-refractivity contribution in [3.63, 3.8) is 0 Å². The fraction of sp³-hybridized carbons (Fsp3) is 0.0625. The van der Waals surface area contributed by atoms with Crippen molar-refractivity contribution in [3.8, 4) is 16.9 Å². The fourth-order valence-corrected chi connectivity index (χ4v) is 4.86. The summed E-state index contributed by atoms with van der Waals surface area (Å²) in [6, 6.07) is 27.7. The Labute approximate surface area is 219 Å². The Balaban J connectivity index is 1.38. The maximum Gasteiger partial charge on any atom is 0.259 e. The topological polar surface area (TPSA) is 91.1 Å². The number of carbonyl (C=O) groups excluding carboxylic acids is 2. The number of phenols is 1. The van der Waals surface area contributed by atoms with Gasteiger partial charge >= 0.3 is 0 Å². The van der Waals surface area contributed by atoms with Crippen molar-refractivity contribution >= 4 is 39.5 Å². The van der Waals surface area contributed by atoms with Crippen LogP contribution >= 0.6 is 0 Å². The normalized spacial score (nSPS) is 12.1. The van der Waals surface area contributed by atoms with Crippen LogP contribution in [-0.4, -0.2) is 16.8 Å². The number of hydrogen-bond acceptors (Lipinski definition) is 5. The van der Waals surface area contributed by atoms with Gasteiger partial charge in [0.05, 0.1) is 11.3 Å². The van der Waals surface area contributed by atoms with E-state index in [2.05, 4.69) is 15.5 Å². The molecule has 1 aliphatic rings. The number of amides is 1. The second kappa shape index (κ2) is 9.09. The zero-order valence-corrected chi connectivity index (χ0v) is 20.8. The molecule has 0 radical (unpaired) electrons. The largest absolute Gasteiger partial charge is 0.505 e. The monoisotopic (exact) mass is 497 g/mol. The zero-order chi connectivity index (χ0) is 26.4. The average molecular weight is 498 g/mol. The minimum absolute atomic E-state index is 0.0427. The van der Waals surface area contributed by atoms with E-state index in [0.717, 1.165) is 27.6 Å². The number of azo groups is 1. The lowest BCUT2D eigenvalue weighted by molar-refractivity contribution is 0.102. The van der Waals surface area contributed by atoms with Crippen LogP contribution in [0.3, 0.4) is 0 Å². The molecule has 2 N–H and O–H groups in total. The molecule has 184 valence electrons. The quantitative estimate of drug-likeness (QED) is 0.241. The number of carbonyl (C=O) groups is 2. The Bertz CT molecular complexity index is 1820. The number of phenolic OH excluding ortho intramolecular Hbond substituents is 1. The molecule has 0 heterocycles. The molecule has 6 nitrogen and oxygen atoms in total. The van der Waals surface area contributed by atoms with Gasteiger partial charge in [-0.05, 0) is 72.3 Å². The van der Waals surface area contributed by atoms with Gasteiger partial charge in [0.2, 0.25) is 0 Å². The molecule has 0 saturated heterocycles. The molecule has 0 aliphatic heterocycles. The number of hydrogen-bond donors (Lipinski definition) is 2. The molecule has 6 rings (SSSR count). The molecule has 6 heteroatoms. The molecule has 5 aromatic rings. The number of benzene rings is 5. The highest BCUT2D eigenvalue weighted by molar-refractivity contribution is 6.22. The molecular formula is C32H23N3O3. The van der Waals surface area contributed by atoms with E-state index in [1.807, 2.05) is 80.6 Å². The van der Waals surface area contributed by atoms with Crippen LogP contribution in [0.5, 0.6) is 5.75 Å². The smallest absolute Gasteiger partial charge is 0.259 e. The fourth-order valence-electron chi connectivity index (χ4n) is 4.86. The highest BCUT2D eigenvalue weighted by Crippen LogP contribution is 2.41. The van der Waals surface area contributed by atoms with Crippen molar-refractivity contribution in [1.29, 1.82) is 0 Å². The molecule has 0 aromatic heterocycles. The van der Waals surface area contributed by atoms with Crippen LogP contribution in [0.25, 0.3) is 21.9 Å². The Kier molecular flexibility index (Phi) is 5.57. The Morgan fingerprint density at radius 3 is 2.29 bits per heavy atom. The van der Waals surface area contributed by atoms with E-state index in [-0.39, 0.29) is 22.8 Å². The van der Waals surface area contributed by atoms with E-state index in [9.17, 15) is 14.7 Å². The predicted molar refractivity (Wildman–Crippen MR) is 149 cm³/mol. The van der Waals surface area contributed by atoms with Gasteiger partial charge in [0, 0.05) is 22.2 Å². The highest BCUT2D eigenvalue weighted by Gasteiger charge is 2.27. The molecule has 1 aliphatic carbocycles. The first-order valence-electron chi connectivity index (χ1n) is 12.2. The number of aryl methyl sites for hydroxylation is 2. The van der Waals surface area contributed by atoms with Crippen LogP contribution in [0, 0.1) is 13.8 Å². The molecule has 0 spiro atoms. The lowest BCUT2D eigenvalue weighted by Gasteiger charge is -2.11. The van der Waals surface area contributed by atoms with E-state index in [1.54, 1.807) is 24.3 Å². The Morgan fingerprint density at radius 2 is 1.47 bits per heavy atom. The van der Waals surface area contributed by atoms with Crippen molar-refractivity contribution < 1.29 is 14.7 Å². The summed E-state index contributed by atoms with van der Waals surface area (Å²) in [5, 5.41) is 24.1. The van der Waals surface area contributed by atoms with Crippen LogP contribution in [0.4, 0.5) is 17.1 Å². The maximum absolute atomic E-state index is 13.1. The molecule has 0 saturated carbocycles. The summed E-state index contributed by atoms with van der Waals surface area (Å²) < 4.78 is 0. The summed E-state index contributed by atoms with van der Waals surface area (Å²) in [6.45, 7) is 3.90. The maximum atomic E-state index is 13.1. The van der Waals surface area contributed by atoms with Crippen LogP contribution in [0.1, 0.15) is 37.4 Å². The summed E-state index contributed by atoms with van der Waals surface area (Å²) in [7, 11) is 0. The number of rotatable bonds is 4. The van der Waals surface area contributed by atoms with Gasteiger partial charge in [-0.25, -0.2) is 0 Å². The van der Waals surface area contributed by atoms with Gasteiger partial charge in [0.25, 0.3) is 5.91 Å². The van der Waals surface area contributed by atoms with Crippen LogP contribution in [-0.2, 0) is 0 Å². The second-order valence-electron chi connectivity index (χ2n) is 9.47. The predicted octanol–water partition coefficient (Wildman–Crippen LogP) is 8.04. The van der Waals surface area contributed by atoms with Crippen molar-refractivity contribution in [2.24, 2.45) is 10.2 Å². The van der Waals surface area contributed by atoms with Gasteiger partial charge in [0.1, 0.15) is 5.69 Å². The third-order valence-corrected chi connectivity index (χ3v) is 6.74. The molecule has 5 aromatic carbocycles.